The van der Waals surface area contributed by atoms with Crippen molar-refractivity contribution in [2.45, 2.75) is 59.0 Å². The van der Waals surface area contributed by atoms with Gasteiger partial charge < -0.3 is 4.90 Å². The highest BCUT2D eigenvalue weighted by molar-refractivity contribution is 5.97. The van der Waals surface area contributed by atoms with Crippen molar-refractivity contribution in [3.8, 4) is 0 Å². The second-order valence-electron chi connectivity index (χ2n) is 6.26. The minimum Gasteiger partial charge on any atom is -0.319 e. The molecule has 1 aliphatic rings. The van der Waals surface area contributed by atoms with Gasteiger partial charge in [-0.15, -0.1) is 0 Å². The summed E-state index contributed by atoms with van der Waals surface area (Å²) in [6.45, 7) is 12.1. The van der Waals surface area contributed by atoms with E-state index >= 15 is 0 Å². The number of amides is 3. The molecular weight excluding hydrogens is 204 g/mol. The topological polar surface area (TPSA) is 40.6 Å². The van der Waals surface area contributed by atoms with Crippen molar-refractivity contribution in [1.29, 1.82) is 0 Å². The Morgan fingerprint density at radius 2 is 1.44 bits per heavy atom. The van der Waals surface area contributed by atoms with Crippen LogP contribution in [0.15, 0.2) is 0 Å². The Labute approximate surface area is 97.6 Å². The zero-order chi connectivity index (χ0) is 12.7. The number of carbonyl (C=O) groups is 2. The maximum absolute atomic E-state index is 12.3. The van der Waals surface area contributed by atoms with Gasteiger partial charge in [-0.25, -0.2) is 4.79 Å². The van der Waals surface area contributed by atoms with Gasteiger partial charge in [-0.3, -0.25) is 9.69 Å². The Bertz CT molecular complexity index is 310. The molecule has 0 atom stereocenters. The lowest BCUT2D eigenvalue weighted by Gasteiger charge is -2.46. The summed E-state index contributed by atoms with van der Waals surface area (Å²) in [4.78, 5) is 27.2. The van der Waals surface area contributed by atoms with E-state index in [1.54, 1.807) is 4.90 Å². The maximum Gasteiger partial charge on any atom is 0.327 e. The average molecular weight is 226 g/mol. The first-order valence-electron chi connectivity index (χ1n) is 5.70. The van der Waals surface area contributed by atoms with Gasteiger partial charge in [0.2, 0.25) is 5.91 Å². The standard InChI is InChI=1S/C12H22N2O2/c1-11(2,3)13-8-7-9(15)14(10(13)16)12(4,5)6/h7-8H2,1-6H3. The molecule has 0 bridgehead atoms. The van der Waals surface area contributed by atoms with Gasteiger partial charge >= 0.3 is 6.03 Å². The molecule has 4 heteroatoms. The number of urea groups is 1. The van der Waals surface area contributed by atoms with Crippen molar-refractivity contribution in [2.24, 2.45) is 0 Å². The van der Waals surface area contributed by atoms with Crippen LogP contribution in [-0.4, -0.2) is 39.4 Å². The van der Waals surface area contributed by atoms with Gasteiger partial charge in [0.15, 0.2) is 0 Å². The van der Waals surface area contributed by atoms with Crippen LogP contribution in [0.4, 0.5) is 4.79 Å². The molecule has 0 spiro atoms. The van der Waals surface area contributed by atoms with Gasteiger partial charge in [-0.05, 0) is 41.5 Å². The minimum absolute atomic E-state index is 0.0713. The molecule has 1 fully saturated rings. The Kier molecular flexibility index (Phi) is 3.05. The van der Waals surface area contributed by atoms with Gasteiger partial charge in [0.1, 0.15) is 0 Å². The van der Waals surface area contributed by atoms with Gasteiger partial charge in [0.05, 0.1) is 0 Å². The number of carbonyl (C=O) groups excluding carboxylic acids is 2. The molecule has 0 N–H and O–H groups in total. The van der Waals surface area contributed by atoms with Crippen LogP contribution in [0.3, 0.4) is 0 Å². The molecule has 1 rings (SSSR count). The lowest BCUT2D eigenvalue weighted by atomic mass is 10.0. The van der Waals surface area contributed by atoms with E-state index in [4.69, 9.17) is 0 Å². The summed E-state index contributed by atoms with van der Waals surface area (Å²) in [6.07, 6.45) is 0.417. The molecular formula is C12H22N2O2. The first-order chi connectivity index (χ1) is 7.05. The van der Waals surface area contributed by atoms with E-state index in [-0.39, 0.29) is 17.5 Å². The van der Waals surface area contributed by atoms with Crippen LogP contribution in [0.1, 0.15) is 48.0 Å². The Morgan fingerprint density at radius 1 is 0.938 bits per heavy atom. The number of hydrogen-bond donors (Lipinski definition) is 0. The zero-order valence-electron chi connectivity index (χ0n) is 11.1. The number of imide groups is 1. The number of hydrogen-bond acceptors (Lipinski definition) is 2. The van der Waals surface area contributed by atoms with Crippen LogP contribution < -0.4 is 0 Å². The molecule has 0 saturated carbocycles. The molecule has 92 valence electrons. The van der Waals surface area contributed by atoms with Gasteiger partial charge in [0, 0.05) is 24.0 Å². The molecule has 0 aromatic carbocycles. The molecule has 1 heterocycles. The molecule has 0 unspecified atom stereocenters. The highest BCUT2D eigenvalue weighted by Gasteiger charge is 2.42. The molecule has 1 aliphatic heterocycles. The van der Waals surface area contributed by atoms with Crippen molar-refractivity contribution in [3.63, 3.8) is 0 Å². The Morgan fingerprint density at radius 3 is 1.81 bits per heavy atom. The lowest BCUT2D eigenvalue weighted by Crippen LogP contribution is -2.62. The largest absolute Gasteiger partial charge is 0.327 e. The second-order valence-corrected chi connectivity index (χ2v) is 6.26. The number of nitrogens with zero attached hydrogens (tertiary/aromatic N) is 2. The predicted molar refractivity (Wildman–Crippen MR) is 63.1 cm³/mol. The summed E-state index contributed by atoms with van der Waals surface area (Å²) in [5.74, 6) is -0.0713. The summed E-state index contributed by atoms with van der Waals surface area (Å²) in [5.41, 5.74) is -0.681. The predicted octanol–water partition coefficient (Wildman–Crippen LogP) is 2.24. The normalized spacial score (nSPS) is 19.4. The van der Waals surface area contributed by atoms with E-state index in [0.29, 0.717) is 13.0 Å². The van der Waals surface area contributed by atoms with E-state index < -0.39 is 5.54 Å². The van der Waals surface area contributed by atoms with E-state index in [2.05, 4.69) is 0 Å². The molecule has 0 aromatic heterocycles. The third-order valence-corrected chi connectivity index (χ3v) is 2.70. The lowest BCUT2D eigenvalue weighted by molar-refractivity contribution is -0.136. The van der Waals surface area contributed by atoms with Crippen LogP contribution in [0.5, 0.6) is 0 Å². The van der Waals surface area contributed by atoms with E-state index in [0.717, 1.165) is 0 Å². The van der Waals surface area contributed by atoms with Gasteiger partial charge in [0.25, 0.3) is 0 Å². The minimum atomic E-state index is -0.446. The fourth-order valence-electron chi connectivity index (χ4n) is 1.93. The van der Waals surface area contributed by atoms with Crippen LogP contribution >= 0.6 is 0 Å². The molecule has 1 saturated heterocycles. The highest BCUT2D eigenvalue weighted by atomic mass is 16.2. The highest BCUT2D eigenvalue weighted by Crippen LogP contribution is 2.26. The van der Waals surface area contributed by atoms with Crippen molar-refractivity contribution in [2.75, 3.05) is 6.54 Å². The van der Waals surface area contributed by atoms with Crippen molar-refractivity contribution in [1.82, 2.24) is 9.80 Å². The molecule has 0 radical (unpaired) electrons. The second kappa shape index (κ2) is 3.75. The van der Waals surface area contributed by atoms with Crippen molar-refractivity contribution < 1.29 is 9.59 Å². The molecule has 3 amide bonds. The molecule has 4 nitrogen and oxygen atoms in total. The Hall–Kier alpha value is -1.06. The van der Waals surface area contributed by atoms with E-state index in [1.165, 1.54) is 4.90 Å². The van der Waals surface area contributed by atoms with Gasteiger partial charge in [-0.2, -0.15) is 0 Å². The Balaban J connectivity index is 3.02. The zero-order valence-corrected chi connectivity index (χ0v) is 11.1. The smallest absolute Gasteiger partial charge is 0.319 e. The average Bonchev–Trinajstić information content (AvgIpc) is 1.97. The molecule has 0 aliphatic carbocycles. The summed E-state index contributed by atoms with van der Waals surface area (Å²) in [7, 11) is 0. The third-order valence-electron chi connectivity index (χ3n) is 2.70. The third kappa shape index (κ3) is 2.36. The van der Waals surface area contributed by atoms with Crippen LogP contribution in [0, 0.1) is 0 Å². The fourth-order valence-corrected chi connectivity index (χ4v) is 1.93. The van der Waals surface area contributed by atoms with Crippen molar-refractivity contribution >= 4 is 11.9 Å². The van der Waals surface area contributed by atoms with Crippen LogP contribution in [0.2, 0.25) is 0 Å². The SMILES string of the molecule is CC(C)(C)N1CCC(=O)N(C(C)(C)C)C1=O. The first-order valence-corrected chi connectivity index (χ1v) is 5.70. The van der Waals surface area contributed by atoms with Crippen LogP contribution in [0.25, 0.3) is 0 Å². The van der Waals surface area contributed by atoms with Crippen molar-refractivity contribution in [3.05, 3.63) is 0 Å². The van der Waals surface area contributed by atoms with E-state index in [9.17, 15) is 9.59 Å². The monoisotopic (exact) mass is 226 g/mol. The molecule has 16 heavy (non-hydrogen) atoms. The maximum atomic E-state index is 12.3. The van der Waals surface area contributed by atoms with E-state index in [1.807, 2.05) is 41.5 Å². The first kappa shape index (κ1) is 13.0. The van der Waals surface area contributed by atoms with Gasteiger partial charge in [-0.1, -0.05) is 0 Å². The quantitative estimate of drug-likeness (QED) is 0.635. The number of rotatable bonds is 0. The van der Waals surface area contributed by atoms with Crippen LogP contribution in [-0.2, 0) is 4.79 Å². The summed E-state index contributed by atoms with van der Waals surface area (Å²) in [5, 5.41) is 0. The summed E-state index contributed by atoms with van der Waals surface area (Å²) in [6, 6.07) is -0.170. The summed E-state index contributed by atoms with van der Waals surface area (Å²) >= 11 is 0. The molecule has 0 aromatic rings. The summed E-state index contributed by atoms with van der Waals surface area (Å²) < 4.78 is 0. The fraction of sp³-hybridized carbons (Fsp3) is 0.833.